The van der Waals surface area contributed by atoms with Gasteiger partial charge in [0, 0.05) is 0 Å². The minimum atomic E-state index is -1.50. The third kappa shape index (κ3) is 2.80. The molecule has 1 unspecified atom stereocenters. The van der Waals surface area contributed by atoms with E-state index in [1.807, 2.05) is 6.92 Å². The fourth-order valence-corrected chi connectivity index (χ4v) is 2.21. The zero-order valence-corrected chi connectivity index (χ0v) is 11.2. The first-order valence-electron chi connectivity index (χ1n) is 6.06. The molecule has 102 valence electrons. The van der Waals surface area contributed by atoms with Crippen LogP contribution >= 0.6 is 11.6 Å². The summed E-state index contributed by atoms with van der Waals surface area (Å²) >= 11 is 5.93. The van der Waals surface area contributed by atoms with E-state index >= 15 is 0 Å². The summed E-state index contributed by atoms with van der Waals surface area (Å²) < 4.78 is 1.58. The SMILES string of the molecule is CCCCC(B(O)O)n1cnc2c(Cl)nc(N)nc21. The Kier molecular flexibility index (Phi) is 4.23. The first-order chi connectivity index (χ1) is 9.04. The molecule has 1 atom stereocenters. The fraction of sp³-hybridized carbons (Fsp3) is 0.500. The van der Waals surface area contributed by atoms with Crippen molar-refractivity contribution >= 4 is 35.8 Å². The molecule has 2 aromatic rings. The molecule has 4 N–H and O–H groups in total. The summed E-state index contributed by atoms with van der Waals surface area (Å²) in [4.78, 5) is 12.0. The summed E-state index contributed by atoms with van der Waals surface area (Å²) in [6, 6.07) is 0. The number of nitrogens with two attached hydrogens (primary N) is 1. The van der Waals surface area contributed by atoms with Crippen LogP contribution in [0.2, 0.25) is 5.15 Å². The van der Waals surface area contributed by atoms with Gasteiger partial charge in [0.05, 0.1) is 12.3 Å². The van der Waals surface area contributed by atoms with Crippen LogP contribution < -0.4 is 5.73 Å². The predicted octanol–water partition coefficient (Wildman–Crippen LogP) is 0.805. The Hall–Kier alpha value is -1.38. The number of hydrogen-bond donors (Lipinski definition) is 3. The van der Waals surface area contributed by atoms with Crippen LogP contribution in [0.15, 0.2) is 6.33 Å². The van der Waals surface area contributed by atoms with Crippen LogP contribution in [0.5, 0.6) is 0 Å². The molecule has 0 amide bonds. The quantitative estimate of drug-likeness (QED) is 0.553. The lowest BCUT2D eigenvalue weighted by atomic mass is 9.76. The van der Waals surface area contributed by atoms with E-state index in [9.17, 15) is 10.0 Å². The molecular weight excluding hydrogens is 268 g/mol. The molecule has 2 heterocycles. The summed E-state index contributed by atoms with van der Waals surface area (Å²) in [5.74, 6) is -0.503. The zero-order chi connectivity index (χ0) is 14.0. The first kappa shape index (κ1) is 14.0. The number of halogens is 1. The highest BCUT2D eigenvalue weighted by molar-refractivity contribution is 6.42. The lowest BCUT2D eigenvalue weighted by Gasteiger charge is -2.17. The Morgan fingerprint density at radius 1 is 1.47 bits per heavy atom. The van der Waals surface area contributed by atoms with Crippen molar-refractivity contribution in [2.45, 2.75) is 32.1 Å². The van der Waals surface area contributed by atoms with Gasteiger partial charge in [0.1, 0.15) is 5.52 Å². The monoisotopic (exact) mass is 283 g/mol. The summed E-state index contributed by atoms with van der Waals surface area (Å²) in [7, 11) is -1.50. The molecule has 0 saturated heterocycles. The second-order valence-electron chi connectivity index (χ2n) is 4.32. The highest BCUT2D eigenvalue weighted by Crippen LogP contribution is 2.25. The highest BCUT2D eigenvalue weighted by atomic mass is 35.5. The molecule has 0 aromatic carbocycles. The standard InChI is InChI=1S/C10H15BClN5O2/c1-2-3-4-6(11(18)19)17-5-14-7-8(12)15-10(13)16-9(7)17/h5-6,18-19H,2-4H2,1H3,(H2,13,15,16). The van der Waals surface area contributed by atoms with Crippen molar-refractivity contribution in [3.63, 3.8) is 0 Å². The molecule has 0 radical (unpaired) electrons. The summed E-state index contributed by atoms with van der Waals surface area (Å²) in [6.07, 6.45) is 3.88. The molecule has 0 fully saturated rings. The predicted molar refractivity (Wildman–Crippen MR) is 73.5 cm³/mol. The molecule has 2 aromatic heterocycles. The summed E-state index contributed by atoms with van der Waals surface area (Å²) in [6.45, 7) is 2.03. The Morgan fingerprint density at radius 2 is 2.21 bits per heavy atom. The van der Waals surface area contributed by atoms with Crippen molar-refractivity contribution in [2.75, 3.05) is 5.73 Å². The number of imidazole rings is 1. The first-order valence-corrected chi connectivity index (χ1v) is 6.44. The van der Waals surface area contributed by atoms with Gasteiger partial charge in [-0.15, -0.1) is 0 Å². The van der Waals surface area contributed by atoms with E-state index in [1.54, 1.807) is 4.57 Å². The van der Waals surface area contributed by atoms with E-state index in [0.717, 1.165) is 12.8 Å². The van der Waals surface area contributed by atoms with Crippen molar-refractivity contribution in [3.8, 4) is 0 Å². The number of aromatic nitrogens is 4. The molecule has 0 saturated carbocycles. The number of hydrogen-bond acceptors (Lipinski definition) is 6. The third-order valence-electron chi connectivity index (χ3n) is 2.95. The number of nitrogens with zero attached hydrogens (tertiary/aromatic N) is 4. The van der Waals surface area contributed by atoms with Crippen LogP contribution in [0.4, 0.5) is 5.95 Å². The van der Waals surface area contributed by atoms with E-state index in [2.05, 4.69) is 15.0 Å². The molecular formula is C10H15BClN5O2. The normalized spacial score (nSPS) is 12.8. The maximum atomic E-state index is 9.51. The second-order valence-corrected chi connectivity index (χ2v) is 4.68. The average molecular weight is 284 g/mol. The summed E-state index contributed by atoms with van der Waals surface area (Å²) in [5.41, 5.74) is 6.37. The van der Waals surface area contributed by atoms with Crippen LogP contribution in [-0.4, -0.2) is 36.7 Å². The van der Waals surface area contributed by atoms with Crippen molar-refractivity contribution in [3.05, 3.63) is 11.5 Å². The van der Waals surface area contributed by atoms with Gasteiger partial charge in [-0.2, -0.15) is 9.97 Å². The van der Waals surface area contributed by atoms with E-state index in [1.165, 1.54) is 6.33 Å². The van der Waals surface area contributed by atoms with E-state index in [0.29, 0.717) is 17.6 Å². The molecule has 2 rings (SSSR count). The summed E-state index contributed by atoms with van der Waals surface area (Å²) in [5, 5.41) is 19.2. The Balaban J connectivity index is 2.48. The third-order valence-corrected chi connectivity index (χ3v) is 3.21. The van der Waals surface area contributed by atoms with Crippen LogP contribution in [0.1, 0.15) is 32.1 Å². The highest BCUT2D eigenvalue weighted by Gasteiger charge is 2.27. The van der Waals surface area contributed by atoms with Gasteiger partial charge < -0.3 is 20.3 Å². The van der Waals surface area contributed by atoms with Gasteiger partial charge in [-0.3, -0.25) is 0 Å². The van der Waals surface area contributed by atoms with Crippen LogP contribution in [-0.2, 0) is 0 Å². The molecule has 7 nitrogen and oxygen atoms in total. The van der Waals surface area contributed by atoms with Crippen LogP contribution in [0.3, 0.4) is 0 Å². The zero-order valence-electron chi connectivity index (χ0n) is 10.5. The van der Waals surface area contributed by atoms with Crippen molar-refractivity contribution in [1.29, 1.82) is 0 Å². The number of anilines is 1. The van der Waals surface area contributed by atoms with Gasteiger partial charge in [0.25, 0.3) is 0 Å². The number of nitrogen functional groups attached to an aromatic ring is 1. The van der Waals surface area contributed by atoms with Crippen molar-refractivity contribution < 1.29 is 10.0 Å². The van der Waals surface area contributed by atoms with E-state index in [-0.39, 0.29) is 11.1 Å². The Morgan fingerprint density at radius 3 is 2.84 bits per heavy atom. The van der Waals surface area contributed by atoms with Gasteiger partial charge in [-0.1, -0.05) is 31.4 Å². The Bertz CT molecular complexity index is 576. The molecule has 0 bridgehead atoms. The minimum Gasteiger partial charge on any atom is -0.426 e. The van der Waals surface area contributed by atoms with Crippen molar-refractivity contribution in [2.24, 2.45) is 0 Å². The lowest BCUT2D eigenvalue weighted by molar-refractivity contribution is 0.353. The van der Waals surface area contributed by atoms with Gasteiger partial charge in [-0.05, 0) is 6.42 Å². The van der Waals surface area contributed by atoms with Gasteiger partial charge in [0.2, 0.25) is 5.95 Å². The fourth-order valence-electron chi connectivity index (χ4n) is 1.99. The average Bonchev–Trinajstić information content (AvgIpc) is 2.73. The Labute approximate surface area is 115 Å². The molecule has 0 aliphatic carbocycles. The molecule has 0 spiro atoms. The smallest absolute Gasteiger partial charge is 0.426 e. The maximum Gasteiger partial charge on any atom is 0.476 e. The number of rotatable bonds is 5. The minimum absolute atomic E-state index is 0.0286. The molecule has 9 heteroatoms. The number of fused-ring (bicyclic) bond motifs is 1. The molecule has 0 aliphatic rings. The van der Waals surface area contributed by atoms with Crippen LogP contribution in [0.25, 0.3) is 11.2 Å². The maximum absolute atomic E-state index is 9.51. The second kappa shape index (κ2) is 5.73. The van der Waals surface area contributed by atoms with E-state index < -0.39 is 13.1 Å². The van der Waals surface area contributed by atoms with Gasteiger partial charge >= 0.3 is 7.12 Å². The number of unbranched alkanes of at least 4 members (excludes halogenated alkanes) is 1. The topological polar surface area (TPSA) is 110 Å². The van der Waals surface area contributed by atoms with Crippen LogP contribution in [0, 0.1) is 0 Å². The van der Waals surface area contributed by atoms with Gasteiger partial charge in [-0.25, -0.2) is 4.98 Å². The molecule has 0 aliphatic heterocycles. The van der Waals surface area contributed by atoms with E-state index in [4.69, 9.17) is 17.3 Å². The lowest BCUT2D eigenvalue weighted by Crippen LogP contribution is -2.28. The van der Waals surface area contributed by atoms with Crippen molar-refractivity contribution in [1.82, 2.24) is 19.5 Å². The van der Waals surface area contributed by atoms with Gasteiger partial charge in [0.15, 0.2) is 10.8 Å². The largest absolute Gasteiger partial charge is 0.476 e. The molecule has 19 heavy (non-hydrogen) atoms.